The molecule has 0 bridgehead atoms. The summed E-state index contributed by atoms with van der Waals surface area (Å²) in [5, 5.41) is 11.4. The van der Waals surface area contributed by atoms with Crippen LogP contribution >= 0.6 is 34.8 Å². The number of hydrogen-bond acceptors (Lipinski definition) is 5. The number of para-hydroxylation sites is 1. The predicted octanol–water partition coefficient (Wildman–Crippen LogP) is 2.50. The van der Waals surface area contributed by atoms with Crippen molar-refractivity contribution < 1.29 is 4.79 Å². The summed E-state index contributed by atoms with van der Waals surface area (Å²) in [5.41, 5.74) is 0.781. The van der Waals surface area contributed by atoms with Gasteiger partial charge in [-0.2, -0.15) is 4.68 Å². The molecule has 0 saturated carbocycles. The van der Waals surface area contributed by atoms with E-state index in [0.29, 0.717) is 5.69 Å². The van der Waals surface area contributed by atoms with Crippen molar-refractivity contribution in [2.45, 2.75) is 3.79 Å². The molecular formula is C13H12Cl3N5O. The van der Waals surface area contributed by atoms with Crippen molar-refractivity contribution in [1.82, 2.24) is 25.1 Å². The summed E-state index contributed by atoms with van der Waals surface area (Å²) in [4.78, 5) is 14.0. The van der Waals surface area contributed by atoms with Crippen LogP contribution < -0.4 is 0 Å². The van der Waals surface area contributed by atoms with Crippen molar-refractivity contribution in [3.05, 3.63) is 42.4 Å². The minimum absolute atomic E-state index is 0.0962. The van der Waals surface area contributed by atoms with Crippen LogP contribution in [0, 0.1) is 0 Å². The Morgan fingerprint density at radius 1 is 1.23 bits per heavy atom. The van der Waals surface area contributed by atoms with Gasteiger partial charge in [-0.05, 0) is 22.6 Å². The van der Waals surface area contributed by atoms with Gasteiger partial charge in [-0.25, -0.2) is 0 Å². The lowest BCUT2D eigenvalue weighted by Crippen LogP contribution is -2.23. The van der Waals surface area contributed by atoms with Crippen molar-refractivity contribution >= 4 is 46.2 Å². The number of benzene rings is 1. The van der Waals surface area contributed by atoms with Crippen LogP contribution in [0.5, 0.6) is 0 Å². The smallest absolute Gasteiger partial charge is 0.253 e. The van der Waals surface area contributed by atoms with Gasteiger partial charge in [0.25, 0.3) is 3.79 Å². The van der Waals surface area contributed by atoms with Gasteiger partial charge in [0.2, 0.25) is 5.78 Å². The van der Waals surface area contributed by atoms with Gasteiger partial charge >= 0.3 is 0 Å². The summed E-state index contributed by atoms with van der Waals surface area (Å²) in [5.74, 6) is -0.519. The van der Waals surface area contributed by atoms with Gasteiger partial charge in [0.1, 0.15) is 0 Å². The first-order valence-electron chi connectivity index (χ1n) is 6.14. The van der Waals surface area contributed by atoms with E-state index >= 15 is 0 Å². The fraction of sp³-hybridized carbons (Fsp3) is 0.231. The number of halogens is 3. The molecule has 2 aromatic rings. The number of Topliss-reactive ketones (excluding diaryl/α,β-unsaturated/α-hetero) is 1. The van der Waals surface area contributed by atoms with E-state index in [1.165, 1.54) is 10.9 Å². The molecule has 1 aromatic carbocycles. The van der Waals surface area contributed by atoms with Crippen molar-refractivity contribution in [3.8, 4) is 5.69 Å². The van der Waals surface area contributed by atoms with Gasteiger partial charge in [0.15, 0.2) is 5.82 Å². The molecule has 9 heteroatoms. The van der Waals surface area contributed by atoms with E-state index in [1.807, 2.05) is 18.2 Å². The van der Waals surface area contributed by atoms with Gasteiger partial charge in [-0.1, -0.05) is 53.0 Å². The Morgan fingerprint density at radius 2 is 1.86 bits per heavy atom. The number of carbonyl (C=O) groups excluding carboxylic acids is 1. The topological polar surface area (TPSA) is 63.9 Å². The third-order valence-electron chi connectivity index (χ3n) is 2.60. The molecule has 0 atom stereocenters. The molecule has 0 aliphatic heterocycles. The lowest BCUT2D eigenvalue weighted by Gasteiger charge is -2.15. The molecule has 0 aliphatic carbocycles. The Balaban J connectivity index is 2.56. The Morgan fingerprint density at radius 3 is 2.41 bits per heavy atom. The van der Waals surface area contributed by atoms with Crippen LogP contribution in [0.15, 0.2) is 36.5 Å². The number of hydrogen-bond donors (Lipinski definition) is 0. The van der Waals surface area contributed by atoms with Crippen LogP contribution in [-0.4, -0.2) is 48.8 Å². The Bertz CT molecular complexity index is 691. The van der Waals surface area contributed by atoms with E-state index in [2.05, 4.69) is 15.5 Å². The number of carbonyl (C=O) groups is 1. The number of rotatable bonds is 4. The Labute approximate surface area is 142 Å². The first-order chi connectivity index (χ1) is 10.3. The lowest BCUT2D eigenvalue weighted by atomic mass is 10.1. The minimum Gasteiger partial charge on any atom is -0.383 e. The molecule has 116 valence electrons. The number of alkyl halides is 3. The van der Waals surface area contributed by atoms with Crippen LogP contribution in [0.1, 0.15) is 5.82 Å². The maximum absolute atomic E-state index is 12.4. The molecule has 2 rings (SSSR count). The highest BCUT2D eigenvalue weighted by atomic mass is 35.6. The maximum Gasteiger partial charge on any atom is 0.253 e. The second-order valence-electron chi connectivity index (χ2n) is 4.58. The zero-order chi connectivity index (χ0) is 16.3. The summed E-state index contributed by atoms with van der Waals surface area (Å²) in [7, 11) is 3.48. The largest absolute Gasteiger partial charge is 0.383 e. The normalized spacial score (nSPS) is 12.3. The number of allylic oxidation sites excluding steroid dienone is 1. The lowest BCUT2D eigenvalue weighted by molar-refractivity contribution is -0.113. The monoisotopic (exact) mass is 359 g/mol. The molecule has 0 saturated heterocycles. The van der Waals surface area contributed by atoms with Gasteiger partial charge < -0.3 is 4.90 Å². The van der Waals surface area contributed by atoms with Gasteiger partial charge in [-0.3, -0.25) is 4.79 Å². The Hall–Kier alpha value is -1.63. The molecule has 0 amide bonds. The van der Waals surface area contributed by atoms with Crippen LogP contribution in [0.25, 0.3) is 11.3 Å². The van der Waals surface area contributed by atoms with Crippen molar-refractivity contribution in [2.75, 3.05) is 14.1 Å². The molecule has 0 aliphatic rings. The molecule has 0 fully saturated rings. The van der Waals surface area contributed by atoms with E-state index in [9.17, 15) is 4.79 Å². The molecule has 0 N–H and O–H groups in total. The van der Waals surface area contributed by atoms with E-state index in [4.69, 9.17) is 34.8 Å². The average Bonchev–Trinajstić information content (AvgIpc) is 2.93. The van der Waals surface area contributed by atoms with Crippen LogP contribution in [0.2, 0.25) is 0 Å². The summed E-state index contributed by atoms with van der Waals surface area (Å²) < 4.78 is -0.695. The van der Waals surface area contributed by atoms with E-state index < -0.39 is 9.58 Å². The number of tetrazole rings is 1. The second kappa shape index (κ2) is 6.64. The molecule has 0 radical (unpaired) electrons. The van der Waals surface area contributed by atoms with Crippen LogP contribution in [0.4, 0.5) is 0 Å². The fourth-order valence-corrected chi connectivity index (χ4v) is 2.03. The standard InChI is InChI=1S/C13H12Cl3N5O/c1-20(2)8-10(11(22)13(14,15)16)12-17-18-19-21(12)9-6-4-3-5-7-9/h3-8H,1-2H3. The van der Waals surface area contributed by atoms with Gasteiger partial charge in [-0.15, -0.1) is 5.10 Å². The highest BCUT2D eigenvalue weighted by molar-refractivity contribution is 6.79. The van der Waals surface area contributed by atoms with Gasteiger partial charge in [0.05, 0.1) is 11.3 Å². The Kier molecular flexibility index (Phi) is 5.05. The number of aromatic nitrogens is 4. The maximum atomic E-state index is 12.4. The minimum atomic E-state index is -2.10. The highest BCUT2D eigenvalue weighted by Crippen LogP contribution is 2.33. The zero-order valence-corrected chi connectivity index (χ0v) is 14.0. The molecular weight excluding hydrogens is 349 g/mol. The van der Waals surface area contributed by atoms with Crippen molar-refractivity contribution in [2.24, 2.45) is 0 Å². The zero-order valence-electron chi connectivity index (χ0n) is 11.7. The quantitative estimate of drug-likeness (QED) is 0.619. The number of nitrogens with zero attached hydrogens (tertiary/aromatic N) is 5. The van der Waals surface area contributed by atoms with E-state index in [-0.39, 0.29) is 11.4 Å². The third-order valence-corrected chi connectivity index (χ3v) is 3.12. The first kappa shape index (κ1) is 16.7. The molecule has 0 spiro atoms. The summed E-state index contributed by atoms with van der Waals surface area (Å²) >= 11 is 17.2. The SMILES string of the molecule is CN(C)C=C(C(=O)C(Cl)(Cl)Cl)c1nnnn1-c1ccccc1. The molecule has 22 heavy (non-hydrogen) atoms. The average molecular weight is 361 g/mol. The summed E-state index contributed by atoms with van der Waals surface area (Å²) in [6.07, 6.45) is 1.51. The third kappa shape index (κ3) is 3.76. The molecule has 1 aromatic heterocycles. The van der Waals surface area contributed by atoms with Crippen LogP contribution in [0.3, 0.4) is 0 Å². The van der Waals surface area contributed by atoms with Gasteiger partial charge in [0, 0.05) is 20.3 Å². The first-order valence-corrected chi connectivity index (χ1v) is 7.28. The van der Waals surface area contributed by atoms with Crippen molar-refractivity contribution in [3.63, 3.8) is 0 Å². The van der Waals surface area contributed by atoms with E-state index in [1.54, 1.807) is 31.1 Å². The highest BCUT2D eigenvalue weighted by Gasteiger charge is 2.36. The summed E-state index contributed by atoms with van der Waals surface area (Å²) in [6, 6.07) is 9.11. The predicted molar refractivity (Wildman–Crippen MR) is 86.1 cm³/mol. The van der Waals surface area contributed by atoms with Crippen molar-refractivity contribution in [1.29, 1.82) is 0 Å². The second-order valence-corrected chi connectivity index (χ2v) is 6.86. The number of ketones is 1. The summed E-state index contributed by atoms with van der Waals surface area (Å²) in [6.45, 7) is 0. The fourth-order valence-electron chi connectivity index (χ4n) is 1.73. The van der Waals surface area contributed by atoms with E-state index in [0.717, 1.165) is 0 Å². The molecule has 1 heterocycles. The molecule has 6 nitrogen and oxygen atoms in total. The van der Waals surface area contributed by atoms with Crippen LogP contribution in [-0.2, 0) is 4.79 Å². The molecule has 0 unspecified atom stereocenters.